The summed E-state index contributed by atoms with van der Waals surface area (Å²) in [5, 5.41) is 13.1. The fourth-order valence-corrected chi connectivity index (χ4v) is 1.17. The molecule has 0 saturated heterocycles. The van der Waals surface area contributed by atoms with Crippen LogP contribution in [0.2, 0.25) is 0 Å². The fourth-order valence-electron chi connectivity index (χ4n) is 1.17. The van der Waals surface area contributed by atoms with Crippen LogP contribution in [0.5, 0.6) is 0 Å². The van der Waals surface area contributed by atoms with E-state index in [-0.39, 0.29) is 11.9 Å². The molecule has 0 aliphatic heterocycles. The second-order valence-corrected chi connectivity index (χ2v) is 5.28. The first kappa shape index (κ1) is 14.4. The summed E-state index contributed by atoms with van der Waals surface area (Å²) in [5.41, 5.74) is -1.40. The molecule has 15 heavy (non-hydrogen) atoms. The molecule has 0 bridgehead atoms. The predicted octanol–water partition coefficient (Wildman–Crippen LogP) is 0.602. The molecule has 1 unspecified atom stereocenters. The molecule has 0 aromatic heterocycles. The van der Waals surface area contributed by atoms with Crippen LogP contribution < -0.4 is 5.32 Å². The number of hydrogen-bond donors (Lipinski definition) is 2. The third-order valence-electron chi connectivity index (χ3n) is 2.92. The van der Waals surface area contributed by atoms with Gasteiger partial charge in [0.1, 0.15) is 0 Å². The highest BCUT2D eigenvalue weighted by atomic mass is 16.3. The van der Waals surface area contributed by atoms with Gasteiger partial charge < -0.3 is 10.0 Å². The highest BCUT2D eigenvalue weighted by molar-refractivity contribution is 5.81. The standard InChI is InChI=1S/C11H24N2O2/c1-8(9(14)13(6)7)12-10(2,3)11(4,5)15/h8,12,15H,1-7H3. The van der Waals surface area contributed by atoms with Gasteiger partial charge >= 0.3 is 0 Å². The van der Waals surface area contributed by atoms with Crippen LogP contribution in [-0.2, 0) is 4.79 Å². The van der Waals surface area contributed by atoms with Crippen LogP contribution in [0.15, 0.2) is 0 Å². The van der Waals surface area contributed by atoms with E-state index in [0.717, 1.165) is 0 Å². The van der Waals surface area contributed by atoms with E-state index in [1.165, 1.54) is 4.90 Å². The molecule has 0 rings (SSSR count). The van der Waals surface area contributed by atoms with Gasteiger partial charge in [-0.25, -0.2) is 0 Å². The summed E-state index contributed by atoms with van der Waals surface area (Å²) in [5.74, 6) is 0.00678. The van der Waals surface area contributed by atoms with Crippen LogP contribution in [0.4, 0.5) is 0 Å². The Morgan fingerprint density at radius 1 is 1.27 bits per heavy atom. The molecule has 1 amide bonds. The van der Waals surface area contributed by atoms with E-state index in [4.69, 9.17) is 0 Å². The van der Waals surface area contributed by atoms with E-state index in [1.807, 2.05) is 13.8 Å². The molecule has 0 spiro atoms. The van der Waals surface area contributed by atoms with E-state index >= 15 is 0 Å². The van der Waals surface area contributed by atoms with Gasteiger partial charge in [-0.2, -0.15) is 0 Å². The van der Waals surface area contributed by atoms with Crippen molar-refractivity contribution < 1.29 is 9.90 Å². The summed E-state index contributed by atoms with van der Waals surface area (Å²) in [6.45, 7) is 9.02. The maximum atomic E-state index is 11.6. The van der Waals surface area contributed by atoms with Crippen LogP contribution in [-0.4, -0.2) is 47.2 Å². The molecule has 2 N–H and O–H groups in total. The summed E-state index contributed by atoms with van der Waals surface area (Å²) in [7, 11) is 3.44. The van der Waals surface area contributed by atoms with Gasteiger partial charge in [-0.3, -0.25) is 10.1 Å². The molecule has 0 aromatic rings. The summed E-state index contributed by atoms with van der Waals surface area (Å²) in [6, 6.07) is -0.304. The summed E-state index contributed by atoms with van der Waals surface area (Å²) in [4.78, 5) is 13.2. The summed E-state index contributed by atoms with van der Waals surface area (Å²) >= 11 is 0. The third-order valence-corrected chi connectivity index (χ3v) is 2.92. The maximum absolute atomic E-state index is 11.6. The smallest absolute Gasteiger partial charge is 0.238 e. The Morgan fingerprint density at radius 3 is 1.93 bits per heavy atom. The normalized spacial score (nSPS) is 14.9. The molecule has 0 heterocycles. The number of amides is 1. The minimum absolute atomic E-state index is 0.00678. The van der Waals surface area contributed by atoms with Crippen molar-refractivity contribution in [3.05, 3.63) is 0 Å². The number of rotatable bonds is 4. The SMILES string of the molecule is CC(NC(C)(C)C(C)(C)O)C(=O)N(C)C. The quantitative estimate of drug-likeness (QED) is 0.723. The van der Waals surface area contributed by atoms with E-state index in [2.05, 4.69) is 5.32 Å². The average molecular weight is 216 g/mol. The molecule has 0 aliphatic carbocycles. The van der Waals surface area contributed by atoms with E-state index in [9.17, 15) is 9.90 Å². The predicted molar refractivity (Wildman–Crippen MR) is 61.7 cm³/mol. The maximum Gasteiger partial charge on any atom is 0.238 e. The summed E-state index contributed by atoms with van der Waals surface area (Å²) < 4.78 is 0. The molecular formula is C11H24N2O2. The highest BCUT2D eigenvalue weighted by Gasteiger charge is 2.37. The molecular weight excluding hydrogens is 192 g/mol. The van der Waals surface area contributed by atoms with Gasteiger partial charge in [0, 0.05) is 19.6 Å². The van der Waals surface area contributed by atoms with Crippen LogP contribution in [0.1, 0.15) is 34.6 Å². The number of hydrogen-bond acceptors (Lipinski definition) is 3. The Bertz CT molecular complexity index is 229. The van der Waals surface area contributed by atoms with Gasteiger partial charge in [0.15, 0.2) is 0 Å². The number of nitrogens with one attached hydrogen (secondary N) is 1. The van der Waals surface area contributed by atoms with Gasteiger partial charge in [0.2, 0.25) is 5.91 Å². The number of likely N-dealkylation sites (N-methyl/N-ethyl adjacent to an activating group) is 1. The third kappa shape index (κ3) is 3.80. The van der Waals surface area contributed by atoms with E-state index in [0.29, 0.717) is 0 Å². The van der Waals surface area contributed by atoms with Crippen molar-refractivity contribution in [2.24, 2.45) is 0 Å². The van der Waals surface area contributed by atoms with Gasteiger partial charge in [0.25, 0.3) is 0 Å². The molecule has 0 fully saturated rings. The molecule has 4 heteroatoms. The Labute approximate surface area is 92.7 Å². The molecule has 4 nitrogen and oxygen atoms in total. The summed E-state index contributed by atoms with van der Waals surface area (Å²) in [6.07, 6.45) is 0. The largest absolute Gasteiger partial charge is 0.389 e. The molecule has 0 aromatic carbocycles. The van der Waals surface area contributed by atoms with Crippen molar-refractivity contribution >= 4 is 5.91 Å². The average Bonchev–Trinajstić information content (AvgIpc) is 1.99. The lowest BCUT2D eigenvalue weighted by Crippen LogP contribution is -2.60. The van der Waals surface area contributed by atoms with Gasteiger partial charge in [-0.1, -0.05) is 0 Å². The van der Waals surface area contributed by atoms with Gasteiger partial charge in [0.05, 0.1) is 11.6 Å². The Balaban J connectivity index is 4.54. The molecule has 0 radical (unpaired) electrons. The second-order valence-electron chi connectivity index (χ2n) is 5.28. The van der Waals surface area contributed by atoms with E-state index < -0.39 is 11.1 Å². The zero-order chi connectivity index (χ0) is 12.4. The monoisotopic (exact) mass is 216 g/mol. The van der Waals surface area contributed by atoms with Gasteiger partial charge in [-0.05, 0) is 34.6 Å². The zero-order valence-corrected chi connectivity index (χ0v) is 10.9. The van der Waals surface area contributed by atoms with Crippen molar-refractivity contribution in [1.29, 1.82) is 0 Å². The lowest BCUT2D eigenvalue weighted by Gasteiger charge is -2.40. The highest BCUT2D eigenvalue weighted by Crippen LogP contribution is 2.21. The van der Waals surface area contributed by atoms with Crippen molar-refractivity contribution in [3.8, 4) is 0 Å². The number of carbonyl (C=O) groups excluding carboxylic acids is 1. The van der Waals surface area contributed by atoms with Crippen molar-refractivity contribution in [1.82, 2.24) is 10.2 Å². The van der Waals surface area contributed by atoms with Gasteiger partial charge in [-0.15, -0.1) is 0 Å². The number of carbonyl (C=O) groups is 1. The van der Waals surface area contributed by atoms with Crippen LogP contribution in [0.25, 0.3) is 0 Å². The molecule has 0 saturated carbocycles. The Morgan fingerprint density at radius 2 is 1.67 bits per heavy atom. The Hall–Kier alpha value is -0.610. The lowest BCUT2D eigenvalue weighted by molar-refractivity contribution is -0.131. The minimum atomic E-state index is -0.881. The molecule has 90 valence electrons. The number of nitrogens with zero attached hydrogens (tertiary/aromatic N) is 1. The minimum Gasteiger partial charge on any atom is -0.389 e. The van der Waals surface area contributed by atoms with Crippen molar-refractivity contribution in [3.63, 3.8) is 0 Å². The van der Waals surface area contributed by atoms with Crippen molar-refractivity contribution in [2.45, 2.75) is 51.8 Å². The Kier molecular flexibility index (Phi) is 4.31. The fraction of sp³-hybridized carbons (Fsp3) is 0.909. The van der Waals surface area contributed by atoms with Crippen LogP contribution in [0.3, 0.4) is 0 Å². The topological polar surface area (TPSA) is 52.6 Å². The zero-order valence-electron chi connectivity index (χ0n) is 10.9. The lowest BCUT2D eigenvalue weighted by atomic mass is 9.85. The second kappa shape index (κ2) is 4.49. The first-order chi connectivity index (χ1) is 6.49. The van der Waals surface area contributed by atoms with Crippen molar-refractivity contribution in [2.75, 3.05) is 14.1 Å². The van der Waals surface area contributed by atoms with Crippen LogP contribution >= 0.6 is 0 Å². The van der Waals surface area contributed by atoms with E-state index in [1.54, 1.807) is 34.9 Å². The number of aliphatic hydroxyl groups is 1. The first-order valence-corrected chi connectivity index (χ1v) is 5.20. The first-order valence-electron chi connectivity index (χ1n) is 5.20. The molecule has 0 aliphatic rings. The van der Waals surface area contributed by atoms with Crippen LogP contribution in [0, 0.1) is 0 Å². The molecule has 1 atom stereocenters.